The van der Waals surface area contributed by atoms with Crippen molar-refractivity contribution in [3.8, 4) is 6.07 Å². The molecule has 6 nitrogen and oxygen atoms in total. The van der Waals surface area contributed by atoms with Gasteiger partial charge in [0.05, 0.1) is 29.4 Å². The maximum atomic E-state index is 11.8. The normalized spacial score (nSPS) is 15.6. The van der Waals surface area contributed by atoms with E-state index in [0.29, 0.717) is 15.8 Å². The Bertz CT molecular complexity index is 808. The van der Waals surface area contributed by atoms with E-state index in [0.717, 1.165) is 16.5 Å². The Morgan fingerprint density at radius 1 is 1.29 bits per heavy atom. The Morgan fingerprint density at radius 2 is 2.05 bits per heavy atom. The maximum Gasteiger partial charge on any atom is 0.326 e. The molecular weight excluding hydrogens is 308 g/mol. The molecule has 0 aromatic carbocycles. The predicted molar refractivity (Wildman–Crippen MR) is 83.3 cm³/mol. The minimum atomic E-state index is -0.570. The largest absolute Gasteiger partial charge is 0.334 e. The molecule has 1 fully saturated rings. The van der Waals surface area contributed by atoms with Crippen molar-refractivity contribution in [2.45, 2.75) is 17.1 Å². The van der Waals surface area contributed by atoms with Gasteiger partial charge in [0.1, 0.15) is 16.3 Å². The molecule has 3 rings (SSSR count). The fourth-order valence-corrected chi connectivity index (χ4v) is 5.05. The fourth-order valence-electron chi connectivity index (χ4n) is 2.61. The van der Waals surface area contributed by atoms with Gasteiger partial charge >= 0.3 is 5.69 Å². The second-order valence-corrected chi connectivity index (χ2v) is 7.43. The number of likely N-dealkylation sites (tertiary alicyclic amines) is 1. The summed E-state index contributed by atoms with van der Waals surface area (Å²) in [5.41, 5.74) is -0.209. The second kappa shape index (κ2) is 6.05. The Kier molecular flexibility index (Phi) is 4.14. The maximum absolute atomic E-state index is 11.8. The fraction of sp³-hybridized carbons (Fsp3) is 0.462. The number of thiophene rings is 1. The highest BCUT2D eigenvalue weighted by atomic mass is 32.2. The van der Waals surface area contributed by atoms with Crippen LogP contribution in [0.2, 0.25) is 0 Å². The number of rotatable bonds is 4. The third-order valence-corrected chi connectivity index (χ3v) is 6.12. The number of nitrogens with one attached hydrogen (secondary N) is 3. The first-order valence-electron chi connectivity index (χ1n) is 6.84. The zero-order chi connectivity index (χ0) is 14.8. The van der Waals surface area contributed by atoms with Crippen molar-refractivity contribution in [3.05, 3.63) is 26.4 Å². The molecule has 0 amide bonds. The van der Waals surface area contributed by atoms with Gasteiger partial charge in [-0.15, -0.1) is 23.1 Å². The highest BCUT2D eigenvalue weighted by Gasteiger charge is 2.18. The lowest BCUT2D eigenvalue weighted by molar-refractivity contribution is -0.884. The lowest BCUT2D eigenvalue weighted by Crippen LogP contribution is -3.10. The van der Waals surface area contributed by atoms with Gasteiger partial charge in [0, 0.05) is 18.6 Å². The van der Waals surface area contributed by atoms with Crippen molar-refractivity contribution in [1.82, 2.24) is 9.97 Å². The third-order valence-electron chi connectivity index (χ3n) is 3.66. The Hall–Kier alpha value is -1.56. The molecule has 0 bridgehead atoms. The van der Waals surface area contributed by atoms with Crippen LogP contribution in [-0.4, -0.2) is 35.4 Å². The number of hydrogen-bond donors (Lipinski definition) is 3. The van der Waals surface area contributed by atoms with E-state index in [1.807, 2.05) is 0 Å². The molecule has 1 saturated heterocycles. The molecule has 0 atom stereocenters. The number of nitrogens with zero attached hydrogens (tertiary/aromatic N) is 1. The van der Waals surface area contributed by atoms with E-state index in [1.54, 1.807) is 16.7 Å². The summed E-state index contributed by atoms with van der Waals surface area (Å²) in [7, 11) is 0. The van der Waals surface area contributed by atoms with Gasteiger partial charge < -0.3 is 9.88 Å². The van der Waals surface area contributed by atoms with Crippen LogP contribution in [0.3, 0.4) is 0 Å². The molecule has 3 N–H and O–H groups in total. The predicted octanol–water partition coefficient (Wildman–Crippen LogP) is -0.0796. The molecule has 0 saturated carbocycles. The SMILES string of the molecule is N#Cc1c(SCC[NH+]2CCCC2)sc2c(=O)[nH]c(=O)[nH]c12. The summed E-state index contributed by atoms with van der Waals surface area (Å²) in [6.07, 6.45) is 2.59. The quantitative estimate of drug-likeness (QED) is 0.686. The molecule has 1 aliphatic heterocycles. The Labute approximate surface area is 128 Å². The summed E-state index contributed by atoms with van der Waals surface area (Å²) >= 11 is 2.88. The molecule has 8 heteroatoms. The first-order chi connectivity index (χ1) is 10.2. The van der Waals surface area contributed by atoms with Crippen LogP contribution in [0.25, 0.3) is 10.2 Å². The van der Waals surface area contributed by atoms with Gasteiger partial charge in [-0.3, -0.25) is 9.78 Å². The summed E-state index contributed by atoms with van der Waals surface area (Å²) in [6, 6.07) is 2.11. The number of fused-ring (bicyclic) bond motifs is 1. The molecule has 0 aliphatic carbocycles. The van der Waals surface area contributed by atoms with E-state index in [9.17, 15) is 14.9 Å². The standard InChI is InChI=1S/C13H14N4O2S2/c14-7-8-9-10(11(18)16-13(19)15-9)21-12(8)20-6-5-17-3-1-2-4-17/h1-6H2,(H2,15,16,18,19)/p+1. The molecule has 2 aromatic heterocycles. The van der Waals surface area contributed by atoms with Gasteiger partial charge in [0.2, 0.25) is 0 Å². The van der Waals surface area contributed by atoms with Crippen LogP contribution in [0.4, 0.5) is 0 Å². The number of nitriles is 1. The van der Waals surface area contributed by atoms with E-state index in [4.69, 9.17) is 0 Å². The van der Waals surface area contributed by atoms with E-state index >= 15 is 0 Å². The Morgan fingerprint density at radius 3 is 2.76 bits per heavy atom. The zero-order valence-electron chi connectivity index (χ0n) is 11.3. The number of hydrogen-bond acceptors (Lipinski definition) is 5. The minimum absolute atomic E-state index is 0.368. The van der Waals surface area contributed by atoms with Gasteiger partial charge in [-0.2, -0.15) is 5.26 Å². The van der Waals surface area contributed by atoms with Crippen molar-refractivity contribution < 1.29 is 4.90 Å². The van der Waals surface area contributed by atoms with Crippen molar-refractivity contribution in [1.29, 1.82) is 5.26 Å². The molecule has 0 unspecified atom stereocenters. The lowest BCUT2D eigenvalue weighted by atomic mass is 10.3. The molecule has 21 heavy (non-hydrogen) atoms. The second-order valence-electron chi connectivity index (χ2n) is 5.04. The van der Waals surface area contributed by atoms with Gasteiger partial charge in [0.15, 0.2) is 0 Å². The summed E-state index contributed by atoms with van der Waals surface area (Å²) in [6.45, 7) is 3.52. The summed E-state index contributed by atoms with van der Waals surface area (Å²) in [5, 5.41) is 9.30. The smallest absolute Gasteiger partial charge is 0.326 e. The highest BCUT2D eigenvalue weighted by molar-refractivity contribution is 8.01. The molecular formula is C13H15N4O2S2+. The number of H-pyrrole nitrogens is 2. The van der Waals surface area contributed by atoms with Gasteiger partial charge in [-0.25, -0.2) is 4.79 Å². The first-order valence-corrected chi connectivity index (χ1v) is 8.65. The van der Waals surface area contributed by atoms with Crippen LogP contribution in [0.5, 0.6) is 0 Å². The highest BCUT2D eigenvalue weighted by Crippen LogP contribution is 2.34. The summed E-state index contributed by atoms with van der Waals surface area (Å²) in [5.74, 6) is 0.916. The molecule has 110 valence electrons. The van der Waals surface area contributed by atoms with Gasteiger partial charge in [-0.05, 0) is 0 Å². The number of aromatic nitrogens is 2. The van der Waals surface area contributed by atoms with Gasteiger partial charge in [-0.1, -0.05) is 0 Å². The lowest BCUT2D eigenvalue weighted by Gasteiger charge is -2.10. The minimum Gasteiger partial charge on any atom is -0.334 e. The van der Waals surface area contributed by atoms with Crippen LogP contribution >= 0.6 is 23.1 Å². The van der Waals surface area contributed by atoms with E-state index in [1.165, 1.54) is 37.3 Å². The van der Waals surface area contributed by atoms with Crippen LogP contribution in [0.1, 0.15) is 18.4 Å². The molecule has 1 aliphatic rings. The first kappa shape index (κ1) is 14.4. The van der Waals surface area contributed by atoms with Crippen molar-refractivity contribution in [2.24, 2.45) is 0 Å². The average Bonchev–Trinajstić information content (AvgIpc) is 3.06. The molecule has 2 aromatic rings. The van der Waals surface area contributed by atoms with Crippen LogP contribution in [0.15, 0.2) is 13.8 Å². The molecule has 0 spiro atoms. The summed E-state index contributed by atoms with van der Waals surface area (Å²) in [4.78, 5) is 29.5. The monoisotopic (exact) mass is 323 g/mol. The van der Waals surface area contributed by atoms with Crippen LogP contribution < -0.4 is 16.1 Å². The van der Waals surface area contributed by atoms with E-state index in [-0.39, 0.29) is 0 Å². The van der Waals surface area contributed by atoms with Crippen molar-refractivity contribution >= 4 is 33.3 Å². The number of aromatic amines is 2. The van der Waals surface area contributed by atoms with Crippen LogP contribution in [-0.2, 0) is 0 Å². The van der Waals surface area contributed by atoms with E-state index in [2.05, 4.69) is 16.0 Å². The zero-order valence-corrected chi connectivity index (χ0v) is 13.0. The number of thioether (sulfide) groups is 1. The number of quaternary nitrogens is 1. The molecule has 0 radical (unpaired) electrons. The molecule has 3 heterocycles. The average molecular weight is 323 g/mol. The van der Waals surface area contributed by atoms with E-state index < -0.39 is 11.2 Å². The Balaban J connectivity index is 1.84. The summed E-state index contributed by atoms with van der Waals surface area (Å²) < 4.78 is 1.24. The van der Waals surface area contributed by atoms with Crippen LogP contribution in [0, 0.1) is 11.3 Å². The van der Waals surface area contributed by atoms with Gasteiger partial charge in [0.25, 0.3) is 5.56 Å². The van der Waals surface area contributed by atoms with Crippen molar-refractivity contribution in [3.63, 3.8) is 0 Å². The third kappa shape index (κ3) is 2.90. The van der Waals surface area contributed by atoms with Crippen molar-refractivity contribution in [2.75, 3.05) is 25.4 Å². The topological polar surface area (TPSA) is 93.9 Å².